The van der Waals surface area contributed by atoms with Crippen molar-refractivity contribution in [2.45, 2.75) is 5.37 Å². The molecule has 1 heterocycles. The molecule has 1 fully saturated rings. The van der Waals surface area contributed by atoms with Gasteiger partial charge in [-0.3, -0.25) is 0 Å². The van der Waals surface area contributed by atoms with Gasteiger partial charge in [0.15, 0.2) is 11.5 Å². The number of ether oxygens (including phenoxy) is 2. The molecule has 1 atom stereocenters. The number of anilines is 1. The number of thioether (sulfide) groups is 1. The Morgan fingerprint density at radius 2 is 2.00 bits per heavy atom. The van der Waals surface area contributed by atoms with E-state index in [4.69, 9.17) is 21.1 Å². The van der Waals surface area contributed by atoms with Crippen LogP contribution in [-0.4, -0.2) is 37.4 Å². The summed E-state index contributed by atoms with van der Waals surface area (Å²) in [5, 5.41) is 3.43. The van der Waals surface area contributed by atoms with Gasteiger partial charge in [-0.25, -0.2) is 4.79 Å². The molecule has 2 aromatic carbocycles. The van der Waals surface area contributed by atoms with E-state index in [1.807, 2.05) is 35.2 Å². The molecule has 0 saturated carbocycles. The Bertz CT molecular complexity index is 772. The number of amides is 2. The van der Waals surface area contributed by atoms with E-state index in [-0.39, 0.29) is 11.4 Å². The zero-order chi connectivity index (χ0) is 17.8. The molecular formula is C18H19ClN2O3S. The molecule has 1 N–H and O–H groups in total. The number of hydrogen-bond donors (Lipinski definition) is 1. The van der Waals surface area contributed by atoms with E-state index in [9.17, 15) is 4.79 Å². The van der Waals surface area contributed by atoms with E-state index in [2.05, 4.69) is 5.32 Å². The zero-order valence-electron chi connectivity index (χ0n) is 14.0. The van der Waals surface area contributed by atoms with Crippen molar-refractivity contribution in [3.63, 3.8) is 0 Å². The SMILES string of the molecule is COc1ccc([C@H]2SCCN2C(=O)Nc2cccc(Cl)c2)cc1OC. The maximum Gasteiger partial charge on any atom is 0.323 e. The number of carbonyl (C=O) groups excluding carboxylic acids is 1. The van der Waals surface area contributed by atoms with Crippen LogP contribution in [0.4, 0.5) is 10.5 Å². The van der Waals surface area contributed by atoms with Gasteiger partial charge in [-0.2, -0.15) is 0 Å². The third-order valence-corrected chi connectivity index (χ3v) is 5.42. The van der Waals surface area contributed by atoms with Crippen molar-refractivity contribution in [3.8, 4) is 11.5 Å². The van der Waals surface area contributed by atoms with Gasteiger partial charge < -0.3 is 19.7 Å². The second kappa shape index (κ2) is 7.89. The van der Waals surface area contributed by atoms with Gasteiger partial charge in [0.25, 0.3) is 0 Å². The van der Waals surface area contributed by atoms with Gasteiger partial charge in [-0.15, -0.1) is 11.8 Å². The van der Waals surface area contributed by atoms with Crippen molar-refractivity contribution in [1.82, 2.24) is 4.90 Å². The van der Waals surface area contributed by atoms with Crippen LogP contribution in [0.15, 0.2) is 42.5 Å². The lowest BCUT2D eigenvalue weighted by Gasteiger charge is -2.25. The lowest BCUT2D eigenvalue weighted by molar-refractivity contribution is 0.214. The van der Waals surface area contributed by atoms with Gasteiger partial charge in [0.2, 0.25) is 0 Å². The summed E-state index contributed by atoms with van der Waals surface area (Å²) in [6.07, 6.45) is 0. The topological polar surface area (TPSA) is 50.8 Å². The molecule has 132 valence electrons. The summed E-state index contributed by atoms with van der Waals surface area (Å²) in [5.41, 5.74) is 1.68. The monoisotopic (exact) mass is 378 g/mol. The minimum Gasteiger partial charge on any atom is -0.493 e. The average molecular weight is 379 g/mol. The van der Waals surface area contributed by atoms with Gasteiger partial charge in [0, 0.05) is 23.0 Å². The number of benzene rings is 2. The van der Waals surface area contributed by atoms with E-state index in [0.717, 1.165) is 11.3 Å². The van der Waals surface area contributed by atoms with Crippen molar-refractivity contribution in [1.29, 1.82) is 0 Å². The van der Waals surface area contributed by atoms with Crippen molar-refractivity contribution in [2.75, 3.05) is 31.8 Å². The summed E-state index contributed by atoms with van der Waals surface area (Å²) in [4.78, 5) is 14.5. The number of nitrogens with zero attached hydrogens (tertiary/aromatic N) is 1. The normalized spacial score (nSPS) is 16.6. The molecule has 0 bridgehead atoms. The summed E-state index contributed by atoms with van der Waals surface area (Å²) >= 11 is 7.70. The van der Waals surface area contributed by atoms with Crippen molar-refractivity contribution >= 4 is 35.1 Å². The predicted molar refractivity (Wildman–Crippen MR) is 102 cm³/mol. The zero-order valence-corrected chi connectivity index (χ0v) is 15.6. The Morgan fingerprint density at radius 3 is 2.72 bits per heavy atom. The van der Waals surface area contributed by atoms with Crippen LogP contribution in [0.3, 0.4) is 0 Å². The van der Waals surface area contributed by atoms with E-state index < -0.39 is 0 Å². The Balaban J connectivity index is 1.79. The highest BCUT2D eigenvalue weighted by Crippen LogP contribution is 2.41. The summed E-state index contributed by atoms with van der Waals surface area (Å²) in [6.45, 7) is 0.677. The third kappa shape index (κ3) is 3.96. The third-order valence-electron chi connectivity index (χ3n) is 3.92. The molecule has 5 nitrogen and oxygen atoms in total. The molecule has 1 aliphatic heterocycles. The van der Waals surface area contributed by atoms with Crippen LogP contribution < -0.4 is 14.8 Å². The maximum atomic E-state index is 12.7. The quantitative estimate of drug-likeness (QED) is 0.842. The Hall–Kier alpha value is -2.05. The standard InChI is InChI=1S/C18H19ClN2O3S/c1-23-15-7-6-12(10-16(15)24-2)17-21(8-9-25-17)18(22)20-14-5-3-4-13(19)11-14/h3-7,10-11,17H,8-9H2,1-2H3,(H,20,22)/t17-/m1/s1. The van der Waals surface area contributed by atoms with Gasteiger partial charge in [0.05, 0.1) is 14.2 Å². The van der Waals surface area contributed by atoms with Gasteiger partial charge in [-0.1, -0.05) is 23.7 Å². The van der Waals surface area contributed by atoms with Crippen LogP contribution >= 0.6 is 23.4 Å². The summed E-state index contributed by atoms with van der Waals surface area (Å²) in [7, 11) is 3.21. The minimum atomic E-state index is -0.146. The molecule has 2 amide bonds. The van der Waals surface area contributed by atoms with E-state index in [1.54, 1.807) is 38.1 Å². The molecule has 0 aliphatic carbocycles. The van der Waals surface area contributed by atoms with Crippen LogP contribution in [0, 0.1) is 0 Å². The maximum absolute atomic E-state index is 12.7. The number of methoxy groups -OCH3 is 2. The number of urea groups is 1. The molecular weight excluding hydrogens is 360 g/mol. The van der Waals surface area contributed by atoms with E-state index in [1.165, 1.54) is 0 Å². The molecule has 1 saturated heterocycles. The molecule has 2 aromatic rings. The highest BCUT2D eigenvalue weighted by atomic mass is 35.5. The minimum absolute atomic E-state index is 0.0704. The fourth-order valence-corrected chi connectivity index (χ4v) is 4.16. The lowest BCUT2D eigenvalue weighted by Crippen LogP contribution is -2.34. The fourth-order valence-electron chi connectivity index (χ4n) is 2.72. The fraction of sp³-hybridized carbons (Fsp3) is 0.278. The summed E-state index contributed by atoms with van der Waals surface area (Å²) in [6, 6.07) is 12.7. The van der Waals surface area contributed by atoms with Gasteiger partial charge >= 0.3 is 6.03 Å². The number of halogens is 1. The molecule has 7 heteroatoms. The number of hydrogen-bond acceptors (Lipinski definition) is 4. The molecule has 0 aromatic heterocycles. The second-order valence-electron chi connectivity index (χ2n) is 5.47. The first-order valence-electron chi connectivity index (χ1n) is 7.79. The summed E-state index contributed by atoms with van der Waals surface area (Å²) < 4.78 is 10.7. The van der Waals surface area contributed by atoms with E-state index in [0.29, 0.717) is 28.8 Å². The number of carbonyl (C=O) groups is 1. The van der Waals surface area contributed by atoms with Gasteiger partial charge in [0.1, 0.15) is 5.37 Å². The van der Waals surface area contributed by atoms with Crippen LogP contribution in [0.1, 0.15) is 10.9 Å². The Morgan fingerprint density at radius 1 is 1.20 bits per heavy atom. The molecule has 25 heavy (non-hydrogen) atoms. The first-order chi connectivity index (χ1) is 12.1. The molecule has 0 spiro atoms. The van der Waals surface area contributed by atoms with Crippen LogP contribution in [-0.2, 0) is 0 Å². The average Bonchev–Trinajstić information content (AvgIpc) is 3.11. The van der Waals surface area contributed by atoms with Crippen LogP contribution in [0.2, 0.25) is 5.02 Å². The molecule has 0 radical (unpaired) electrons. The first kappa shape index (κ1) is 17.8. The summed E-state index contributed by atoms with van der Waals surface area (Å²) in [5.74, 6) is 2.20. The van der Waals surface area contributed by atoms with Crippen molar-refractivity contribution < 1.29 is 14.3 Å². The molecule has 1 aliphatic rings. The molecule has 0 unspecified atom stereocenters. The molecule has 3 rings (SSSR count). The first-order valence-corrected chi connectivity index (χ1v) is 9.22. The lowest BCUT2D eigenvalue weighted by atomic mass is 10.2. The van der Waals surface area contributed by atoms with Gasteiger partial charge in [-0.05, 0) is 35.9 Å². The predicted octanol–water partition coefficient (Wildman–Crippen LogP) is 4.64. The van der Waals surface area contributed by atoms with Crippen molar-refractivity contribution in [2.24, 2.45) is 0 Å². The number of rotatable bonds is 4. The largest absolute Gasteiger partial charge is 0.493 e. The highest BCUT2D eigenvalue weighted by Gasteiger charge is 2.31. The smallest absolute Gasteiger partial charge is 0.323 e. The van der Waals surface area contributed by atoms with E-state index >= 15 is 0 Å². The Kier molecular flexibility index (Phi) is 5.60. The van der Waals surface area contributed by atoms with Crippen molar-refractivity contribution in [3.05, 3.63) is 53.1 Å². The van der Waals surface area contributed by atoms with Crippen LogP contribution in [0.25, 0.3) is 0 Å². The number of nitrogens with one attached hydrogen (secondary N) is 1. The highest BCUT2D eigenvalue weighted by molar-refractivity contribution is 7.99. The second-order valence-corrected chi connectivity index (χ2v) is 7.10. The van der Waals surface area contributed by atoms with Crippen LogP contribution in [0.5, 0.6) is 11.5 Å². The Labute approximate surface area is 156 Å².